The van der Waals surface area contributed by atoms with Crippen LogP contribution in [0.5, 0.6) is 0 Å². The fraction of sp³-hybridized carbons (Fsp3) is 0.100. The van der Waals surface area contributed by atoms with Crippen molar-refractivity contribution in [2.24, 2.45) is 5.11 Å². The maximum absolute atomic E-state index is 8.28. The lowest BCUT2D eigenvalue weighted by Gasteiger charge is -1.93. The van der Waals surface area contributed by atoms with Crippen LogP contribution in [0.2, 0.25) is 0 Å². The molecule has 0 heterocycles. The van der Waals surface area contributed by atoms with E-state index in [2.05, 4.69) is 21.9 Å². The molecular weight excluding hydrogens is 176 g/mol. The summed E-state index contributed by atoms with van der Waals surface area (Å²) in [7, 11) is 0. The van der Waals surface area contributed by atoms with Crippen molar-refractivity contribution in [1.82, 2.24) is 0 Å². The lowest BCUT2D eigenvalue weighted by Crippen LogP contribution is -1.73. The van der Waals surface area contributed by atoms with Crippen molar-refractivity contribution in [3.63, 3.8) is 0 Å². The maximum atomic E-state index is 8.28. The molecule has 0 atom stereocenters. The molecule has 0 radical (unpaired) electrons. The Balaban J connectivity index is 3.04. The summed E-state index contributed by atoms with van der Waals surface area (Å²) < 4.78 is 0. The van der Waals surface area contributed by atoms with Crippen LogP contribution in [0.1, 0.15) is 12.0 Å². The number of benzene rings is 1. The average molecular weight is 182 g/mol. The molecule has 0 N–H and O–H groups in total. The van der Waals surface area contributed by atoms with E-state index in [0.29, 0.717) is 11.3 Å². The van der Waals surface area contributed by atoms with Crippen LogP contribution in [0, 0.1) is 23.2 Å². The number of nitrogens with zero attached hydrogens (tertiary/aromatic N) is 4. The molecule has 0 spiro atoms. The molecule has 0 saturated carbocycles. The predicted octanol–water partition coefficient (Wildman–Crippen LogP) is 2.89. The zero-order valence-electron chi connectivity index (χ0n) is 7.31. The van der Waals surface area contributed by atoms with Crippen molar-refractivity contribution in [1.29, 1.82) is 5.26 Å². The van der Waals surface area contributed by atoms with Gasteiger partial charge in [-0.05, 0) is 11.6 Å². The Hall–Kier alpha value is -2.42. The first-order chi connectivity index (χ1) is 6.88. The van der Waals surface area contributed by atoms with Crippen LogP contribution in [-0.2, 0) is 0 Å². The Labute approximate surface area is 81.4 Å². The van der Waals surface area contributed by atoms with Crippen LogP contribution in [0.3, 0.4) is 0 Å². The first-order valence-corrected chi connectivity index (χ1v) is 3.88. The zero-order valence-corrected chi connectivity index (χ0v) is 7.31. The summed E-state index contributed by atoms with van der Waals surface area (Å²) in [5.41, 5.74) is 9.40. The molecule has 0 amide bonds. The van der Waals surface area contributed by atoms with Gasteiger partial charge < -0.3 is 0 Å². The summed E-state index contributed by atoms with van der Waals surface area (Å²) in [6, 6.07) is 8.90. The second-order valence-corrected chi connectivity index (χ2v) is 2.34. The molecule has 0 saturated heterocycles. The lowest BCUT2D eigenvalue weighted by atomic mass is 10.2. The van der Waals surface area contributed by atoms with Crippen molar-refractivity contribution in [3.8, 4) is 17.9 Å². The number of hydrogen-bond donors (Lipinski definition) is 0. The summed E-state index contributed by atoms with van der Waals surface area (Å²) in [5, 5.41) is 11.8. The van der Waals surface area contributed by atoms with Gasteiger partial charge in [0.15, 0.2) is 0 Å². The normalized spacial score (nSPS) is 7.64. The van der Waals surface area contributed by atoms with Crippen molar-refractivity contribution in [2.45, 2.75) is 6.42 Å². The molecule has 1 rings (SSSR count). The Morgan fingerprint density at radius 2 is 2.21 bits per heavy atom. The first-order valence-electron chi connectivity index (χ1n) is 3.88. The van der Waals surface area contributed by atoms with Gasteiger partial charge in [-0.15, -0.1) is 0 Å². The first kappa shape index (κ1) is 9.67. The topological polar surface area (TPSA) is 72.5 Å². The SMILES string of the molecule is N#CCC#Cc1ccccc1N=[N+]=[N-]. The van der Waals surface area contributed by atoms with E-state index in [1.807, 2.05) is 6.07 Å². The van der Waals surface area contributed by atoms with E-state index in [9.17, 15) is 0 Å². The van der Waals surface area contributed by atoms with E-state index in [1.54, 1.807) is 24.3 Å². The van der Waals surface area contributed by atoms with E-state index in [-0.39, 0.29) is 6.42 Å². The van der Waals surface area contributed by atoms with Crippen molar-refractivity contribution in [3.05, 3.63) is 40.3 Å². The van der Waals surface area contributed by atoms with Gasteiger partial charge in [-0.3, -0.25) is 0 Å². The highest BCUT2D eigenvalue weighted by molar-refractivity contribution is 5.54. The standard InChI is InChI=1S/C10H6N4/c11-8-4-3-6-9-5-1-2-7-10(9)13-14-12/h1-2,5,7H,4H2. The van der Waals surface area contributed by atoms with Crippen LogP contribution in [0.15, 0.2) is 29.4 Å². The maximum Gasteiger partial charge on any atom is 0.0966 e. The molecule has 0 aliphatic heterocycles. The molecular formula is C10H6N4. The Kier molecular flexibility index (Phi) is 3.64. The van der Waals surface area contributed by atoms with Gasteiger partial charge >= 0.3 is 0 Å². The van der Waals surface area contributed by atoms with Crippen LogP contribution >= 0.6 is 0 Å². The van der Waals surface area contributed by atoms with Gasteiger partial charge in [0, 0.05) is 10.5 Å². The molecule has 1 aromatic rings. The van der Waals surface area contributed by atoms with E-state index < -0.39 is 0 Å². The molecule has 0 aliphatic rings. The molecule has 0 aliphatic carbocycles. The predicted molar refractivity (Wildman–Crippen MR) is 52.4 cm³/mol. The molecule has 66 valence electrons. The van der Waals surface area contributed by atoms with E-state index in [0.717, 1.165) is 0 Å². The summed E-state index contributed by atoms with van der Waals surface area (Å²) in [4.78, 5) is 2.69. The number of hydrogen-bond acceptors (Lipinski definition) is 2. The number of nitriles is 1. The van der Waals surface area contributed by atoms with E-state index in [1.165, 1.54) is 0 Å². The third kappa shape index (κ3) is 2.57. The number of rotatable bonds is 1. The molecule has 0 fully saturated rings. The van der Waals surface area contributed by atoms with Gasteiger partial charge in [-0.25, -0.2) is 0 Å². The van der Waals surface area contributed by atoms with Gasteiger partial charge in [0.1, 0.15) is 0 Å². The van der Waals surface area contributed by atoms with Crippen molar-refractivity contribution < 1.29 is 0 Å². The van der Waals surface area contributed by atoms with Gasteiger partial charge in [-0.2, -0.15) is 5.26 Å². The third-order valence-electron chi connectivity index (χ3n) is 1.45. The Morgan fingerprint density at radius 1 is 1.43 bits per heavy atom. The van der Waals surface area contributed by atoms with Crippen LogP contribution in [-0.4, -0.2) is 0 Å². The highest BCUT2D eigenvalue weighted by Gasteiger charge is 1.93. The monoisotopic (exact) mass is 182 g/mol. The average Bonchev–Trinajstić information content (AvgIpc) is 2.21. The smallest absolute Gasteiger partial charge is 0.0966 e. The highest BCUT2D eigenvalue weighted by Crippen LogP contribution is 2.17. The van der Waals surface area contributed by atoms with Crippen LogP contribution in [0.4, 0.5) is 5.69 Å². The fourth-order valence-electron chi connectivity index (χ4n) is 0.894. The van der Waals surface area contributed by atoms with Crippen LogP contribution in [0.25, 0.3) is 10.4 Å². The Morgan fingerprint density at radius 3 is 2.93 bits per heavy atom. The molecule has 1 aromatic carbocycles. The van der Waals surface area contributed by atoms with Gasteiger partial charge in [0.2, 0.25) is 0 Å². The van der Waals surface area contributed by atoms with Gasteiger partial charge in [0.25, 0.3) is 0 Å². The third-order valence-corrected chi connectivity index (χ3v) is 1.45. The second kappa shape index (κ2) is 5.27. The van der Waals surface area contributed by atoms with Crippen molar-refractivity contribution in [2.75, 3.05) is 0 Å². The molecule has 0 aromatic heterocycles. The molecule has 0 unspecified atom stereocenters. The van der Waals surface area contributed by atoms with E-state index >= 15 is 0 Å². The van der Waals surface area contributed by atoms with E-state index in [4.69, 9.17) is 10.8 Å². The van der Waals surface area contributed by atoms with Gasteiger partial charge in [0.05, 0.1) is 18.2 Å². The molecule has 4 nitrogen and oxygen atoms in total. The largest absolute Gasteiger partial charge is 0.197 e. The minimum Gasteiger partial charge on any atom is -0.197 e. The fourth-order valence-corrected chi connectivity index (χ4v) is 0.894. The van der Waals surface area contributed by atoms with Crippen molar-refractivity contribution >= 4 is 5.69 Å². The zero-order chi connectivity index (χ0) is 10.2. The molecule has 0 bridgehead atoms. The van der Waals surface area contributed by atoms with Gasteiger partial charge in [-0.1, -0.05) is 35.2 Å². The second-order valence-electron chi connectivity index (χ2n) is 2.34. The lowest BCUT2D eigenvalue weighted by molar-refractivity contribution is 1.39. The number of azide groups is 1. The minimum absolute atomic E-state index is 0.171. The summed E-state index contributed by atoms with van der Waals surface area (Å²) in [5.74, 6) is 5.42. The summed E-state index contributed by atoms with van der Waals surface area (Å²) in [6.45, 7) is 0. The quantitative estimate of drug-likeness (QED) is 0.285. The summed E-state index contributed by atoms with van der Waals surface area (Å²) in [6.07, 6.45) is 0.171. The molecule has 4 heteroatoms. The Bertz CT molecular complexity index is 467. The minimum atomic E-state index is 0.171. The van der Waals surface area contributed by atoms with Crippen LogP contribution < -0.4 is 0 Å². The molecule has 14 heavy (non-hydrogen) atoms. The highest BCUT2D eigenvalue weighted by atomic mass is 15.1. The summed E-state index contributed by atoms with van der Waals surface area (Å²) >= 11 is 0.